The Morgan fingerprint density at radius 1 is 1.17 bits per heavy atom. The fraction of sp³-hybridized carbons (Fsp3) is 0.158. The predicted molar refractivity (Wildman–Crippen MR) is 90.1 cm³/mol. The number of hydrogen-bond donors (Lipinski definition) is 0. The molecule has 0 atom stereocenters. The Kier molecular flexibility index (Phi) is 4.08. The van der Waals surface area contributed by atoms with Gasteiger partial charge in [-0.2, -0.15) is 0 Å². The molecule has 2 aromatic rings. The van der Waals surface area contributed by atoms with E-state index in [1.54, 1.807) is 25.1 Å². The van der Waals surface area contributed by atoms with Crippen LogP contribution in [0.25, 0.3) is 6.08 Å². The van der Waals surface area contributed by atoms with E-state index in [2.05, 4.69) is 0 Å². The van der Waals surface area contributed by atoms with Gasteiger partial charge in [0.25, 0.3) is 5.91 Å². The van der Waals surface area contributed by atoms with Crippen LogP contribution < -0.4 is 4.90 Å². The van der Waals surface area contributed by atoms with Crippen LogP contribution in [0, 0.1) is 6.92 Å². The van der Waals surface area contributed by atoms with E-state index in [1.807, 2.05) is 31.2 Å². The number of carbonyl (C=O) groups excluding carboxylic acids is 2. The Bertz CT molecular complexity index is 842. The largest absolute Gasteiger partial charge is 0.465 e. The summed E-state index contributed by atoms with van der Waals surface area (Å²) >= 11 is 0. The number of furan rings is 1. The van der Waals surface area contributed by atoms with Gasteiger partial charge in [-0.15, -0.1) is 0 Å². The minimum absolute atomic E-state index is 0.250. The minimum atomic E-state index is -0.548. The molecule has 1 aliphatic heterocycles. The maximum atomic E-state index is 12.9. The topological polar surface area (TPSA) is 59.8 Å². The zero-order chi connectivity index (χ0) is 17.3. The van der Waals surface area contributed by atoms with Crippen LogP contribution in [0.4, 0.5) is 5.69 Å². The highest BCUT2D eigenvalue weighted by atomic mass is 16.5. The third kappa shape index (κ3) is 2.65. The van der Waals surface area contributed by atoms with Crippen molar-refractivity contribution in [1.82, 2.24) is 0 Å². The fourth-order valence-electron chi connectivity index (χ4n) is 2.70. The van der Waals surface area contributed by atoms with Crippen molar-refractivity contribution in [1.29, 1.82) is 0 Å². The summed E-state index contributed by atoms with van der Waals surface area (Å²) in [4.78, 5) is 26.6. The molecule has 0 aliphatic carbocycles. The summed E-state index contributed by atoms with van der Waals surface area (Å²) in [6.45, 7) is 3.70. The molecule has 1 amide bonds. The first-order valence-corrected chi connectivity index (χ1v) is 7.49. The monoisotopic (exact) mass is 323 g/mol. The lowest BCUT2D eigenvalue weighted by molar-refractivity contribution is -0.136. The third-order valence-electron chi connectivity index (χ3n) is 3.91. The first kappa shape index (κ1) is 15.8. The van der Waals surface area contributed by atoms with Crippen LogP contribution in [0.5, 0.6) is 0 Å². The summed E-state index contributed by atoms with van der Waals surface area (Å²) in [7, 11) is 1.30. The van der Waals surface area contributed by atoms with Gasteiger partial charge in [0.05, 0.1) is 24.5 Å². The van der Waals surface area contributed by atoms with E-state index in [0.717, 1.165) is 5.56 Å². The average molecular weight is 323 g/mol. The first-order valence-electron chi connectivity index (χ1n) is 7.49. The van der Waals surface area contributed by atoms with Crippen molar-refractivity contribution >= 4 is 23.6 Å². The van der Waals surface area contributed by atoms with Crippen molar-refractivity contribution in [3.05, 3.63) is 70.8 Å². The summed E-state index contributed by atoms with van der Waals surface area (Å²) in [6, 6.07) is 11.0. The van der Waals surface area contributed by atoms with E-state index < -0.39 is 5.97 Å². The Hall–Kier alpha value is -3.08. The summed E-state index contributed by atoms with van der Waals surface area (Å²) < 4.78 is 10.1. The van der Waals surface area contributed by atoms with Crippen molar-refractivity contribution in [2.75, 3.05) is 12.0 Å². The molecule has 0 saturated carbocycles. The van der Waals surface area contributed by atoms with Gasteiger partial charge in [-0.25, -0.2) is 4.79 Å². The molecule has 0 saturated heterocycles. The van der Waals surface area contributed by atoms with Crippen molar-refractivity contribution < 1.29 is 18.7 Å². The number of amides is 1. The highest BCUT2D eigenvalue weighted by Gasteiger charge is 2.38. The molecule has 1 aromatic carbocycles. The molecule has 1 aliphatic rings. The van der Waals surface area contributed by atoms with Crippen LogP contribution in [0.3, 0.4) is 0 Å². The molecule has 1 aromatic heterocycles. The minimum Gasteiger partial charge on any atom is -0.465 e. The van der Waals surface area contributed by atoms with Gasteiger partial charge in [0.15, 0.2) is 0 Å². The van der Waals surface area contributed by atoms with Crippen molar-refractivity contribution in [2.24, 2.45) is 0 Å². The van der Waals surface area contributed by atoms with E-state index in [0.29, 0.717) is 17.1 Å². The molecule has 5 heteroatoms. The second-order valence-corrected chi connectivity index (χ2v) is 5.50. The van der Waals surface area contributed by atoms with E-state index in [1.165, 1.54) is 18.3 Å². The number of hydrogen-bond acceptors (Lipinski definition) is 4. The van der Waals surface area contributed by atoms with E-state index >= 15 is 0 Å². The van der Waals surface area contributed by atoms with Crippen LogP contribution in [0.1, 0.15) is 18.2 Å². The van der Waals surface area contributed by atoms with Crippen LogP contribution >= 0.6 is 0 Å². The molecular weight excluding hydrogens is 306 g/mol. The van der Waals surface area contributed by atoms with E-state index in [4.69, 9.17) is 9.15 Å². The third-order valence-corrected chi connectivity index (χ3v) is 3.91. The number of esters is 1. The quantitative estimate of drug-likeness (QED) is 0.641. The van der Waals surface area contributed by atoms with Gasteiger partial charge in [0, 0.05) is 11.4 Å². The normalized spacial score (nSPS) is 16.2. The van der Waals surface area contributed by atoms with Gasteiger partial charge < -0.3 is 9.15 Å². The summed E-state index contributed by atoms with van der Waals surface area (Å²) in [5, 5.41) is 0. The Morgan fingerprint density at radius 2 is 1.88 bits per heavy atom. The Balaban J connectivity index is 2.12. The van der Waals surface area contributed by atoms with Crippen molar-refractivity contribution in [2.45, 2.75) is 13.8 Å². The van der Waals surface area contributed by atoms with Gasteiger partial charge >= 0.3 is 5.97 Å². The second kappa shape index (κ2) is 6.20. The molecule has 0 N–H and O–H groups in total. The van der Waals surface area contributed by atoms with Crippen molar-refractivity contribution in [3.63, 3.8) is 0 Å². The molecule has 0 unspecified atom stereocenters. The lowest BCUT2D eigenvalue weighted by Gasteiger charge is -2.18. The molecule has 24 heavy (non-hydrogen) atoms. The molecule has 0 radical (unpaired) electrons. The number of methoxy groups -OCH3 is 1. The van der Waals surface area contributed by atoms with Crippen LogP contribution in [0.2, 0.25) is 0 Å². The van der Waals surface area contributed by atoms with Gasteiger partial charge in [0.1, 0.15) is 5.76 Å². The molecule has 122 valence electrons. The molecule has 0 spiro atoms. The zero-order valence-electron chi connectivity index (χ0n) is 13.7. The number of anilines is 1. The lowest BCUT2D eigenvalue weighted by Crippen LogP contribution is -2.24. The fourth-order valence-corrected chi connectivity index (χ4v) is 2.70. The van der Waals surface area contributed by atoms with Crippen LogP contribution in [-0.4, -0.2) is 19.0 Å². The SMILES string of the molecule is COC(=O)C1=C(C)N(c2ccc(C)cc2)C(=O)/C1=C\c1ccco1. The molecule has 0 fully saturated rings. The maximum absolute atomic E-state index is 12.9. The Labute approximate surface area is 139 Å². The molecule has 0 bridgehead atoms. The molecule has 5 nitrogen and oxygen atoms in total. The second-order valence-electron chi connectivity index (χ2n) is 5.50. The highest BCUT2D eigenvalue weighted by Crippen LogP contribution is 2.35. The Morgan fingerprint density at radius 3 is 2.46 bits per heavy atom. The van der Waals surface area contributed by atoms with Gasteiger partial charge in [-0.05, 0) is 44.2 Å². The smallest absolute Gasteiger partial charge is 0.340 e. The summed E-state index contributed by atoms with van der Waals surface area (Å²) in [5.74, 6) is -0.334. The van der Waals surface area contributed by atoms with E-state index in [9.17, 15) is 9.59 Å². The zero-order valence-corrected chi connectivity index (χ0v) is 13.7. The number of rotatable bonds is 3. The molecular formula is C19H17NO4. The van der Waals surface area contributed by atoms with Crippen LogP contribution in [0.15, 0.2) is 63.9 Å². The first-order chi connectivity index (χ1) is 11.5. The highest BCUT2D eigenvalue weighted by molar-refractivity contribution is 6.23. The van der Waals surface area contributed by atoms with Crippen molar-refractivity contribution in [3.8, 4) is 0 Å². The van der Waals surface area contributed by atoms with Gasteiger partial charge in [-0.1, -0.05) is 17.7 Å². The van der Waals surface area contributed by atoms with Crippen LogP contribution in [-0.2, 0) is 14.3 Å². The van der Waals surface area contributed by atoms with E-state index in [-0.39, 0.29) is 17.1 Å². The van der Waals surface area contributed by atoms with Gasteiger partial charge in [0.2, 0.25) is 0 Å². The standard InChI is InChI=1S/C19H17NO4/c1-12-6-8-14(9-7-12)20-13(2)17(19(22)23-3)16(18(20)21)11-15-5-4-10-24-15/h4-11H,1-3H3/b16-11-. The lowest BCUT2D eigenvalue weighted by atomic mass is 10.1. The number of benzene rings is 1. The number of aryl methyl sites for hydroxylation is 1. The summed E-state index contributed by atoms with van der Waals surface area (Å²) in [6.07, 6.45) is 3.07. The number of nitrogens with zero attached hydrogens (tertiary/aromatic N) is 1. The van der Waals surface area contributed by atoms with Gasteiger partial charge in [-0.3, -0.25) is 9.69 Å². The maximum Gasteiger partial charge on any atom is 0.340 e. The predicted octanol–water partition coefficient (Wildman–Crippen LogP) is 3.47. The molecule has 3 rings (SSSR count). The number of carbonyl (C=O) groups is 2. The summed E-state index contributed by atoms with van der Waals surface area (Å²) in [5.41, 5.74) is 2.83. The number of ether oxygens (including phenoxy) is 1. The molecule has 2 heterocycles. The number of allylic oxidation sites excluding steroid dienone is 1. The average Bonchev–Trinajstić information content (AvgIpc) is 3.16.